The number of rotatable bonds is 10. The molecule has 4 rings (SSSR count). The van der Waals surface area contributed by atoms with Gasteiger partial charge in [0.05, 0.1) is 24.9 Å². The minimum Gasteiger partial charge on any atom is -0.507 e. The molecule has 1 fully saturated rings. The van der Waals surface area contributed by atoms with Gasteiger partial charge in [-0.2, -0.15) is 0 Å². The number of phenolic OH excluding ortho intramolecular Hbond substituents is 3. The molecule has 14 heteroatoms. The number of ether oxygens (including phenoxy) is 3. The van der Waals surface area contributed by atoms with E-state index in [-0.39, 0.29) is 40.0 Å². The Morgan fingerprint density at radius 2 is 1.71 bits per heavy atom. The Labute approximate surface area is 238 Å². The van der Waals surface area contributed by atoms with Gasteiger partial charge in [-0.05, 0) is 31.0 Å². The van der Waals surface area contributed by atoms with Crippen molar-refractivity contribution in [3.63, 3.8) is 0 Å². The molecular formula is C28H34O14. The summed E-state index contributed by atoms with van der Waals surface area (Å²) in [6.07, 6.45) is -9.41. The molecule has 8 unspecified atom stereocenters. The van der Waals surface area contributed by atoms with Crippen molar-refractivity contribution in [3.05, 3.63) is 46.8 Å². The SMILES string of the molecule is CCC(O)(CO)C(O)C(C)OCC1OC(Oc2cc(O)c3c(=O)c(-c4ccc(O)c(O)c4)coc3c2)C(O)C(O)C1O. The van der Waals surface area contributed by atoms with Gasteiger partial charge in [0.2, 0.25) is 11.7 Å². The highest BCUT2D eigenvalue weighted by Gasteiger charge is 2.46. The van der Waals surface area contributed by atoms with E-state index in [1.807, 2.05) is 0 Å². The lowest BCUT2D eigenvalue weighted by Crippen LogP contribution is -2.60. The summed E-state index contributed by atoms with van der Waals surface area (Å²) in [6, 6.07) is 6.00. The van der Waals surface area contributed by atoms with Crippen LogP contribution in [0.25, 0.3) is 22.1 Å². The van der Waals surface area contributed by atoms with Crippen LogP contribution in [0.15, 0.2) is 45.8 Å². The normalized spacial score (nSPS) is 25.6. The zero-order valence-electron chi connectivity index (χ0n) is 22.7. The van der Waals surface area contributed by atoms with Crippen LogP contribution in [0.1, 0.15) is 20.3 Å². The Hall–Kier alpha value is -3.47. The van der Waals surface area contributed by atoms with Gasteiger partial charge in [-0.3, -0.25) is 4.79 Å². The molecule has 0 aliphatic carbocycles. The standard InChI is InChI=1S/C28H34O14/c1-3-28(38,11-29)26(37)12(2)39-10-20-23(34)24(35)25(36)27(42-20)41-14-7-18(32)21-19(8-14)40-9-15(22(21)33)13-4-5-16(30)17(31)6-13/h4-9,12,20,23-27,29-32,34-38H,3,10-11H2,1-2H3. The molecule has 3 aromatic rings. The van der Waals surface area contributed by atoms with Crippen LogP contribution < -0.4 is 10.2 Å². The second kappa shape index (κ2) is 12.4. The number of aliphatic hydroxyl groups is 6. The minimum atomic E-state index is -1.83. The summed E-state index contributed by atoms with van der Waals surface area (Å²) in [6.45, 7) is 1.86. The second-order valence-corrected chi connectivity index (χ2v) is 10.2. The summed E-state index contributed by atoms with van der Waals surface area (Å²) in [4.78, 5) is 13.1. The zero-order valence-corrected chi connectivity index (χ0v) is 22.7. The molecule has 1 aliphatic heterocycles. The van der Waals surface area contributed by atoms with Gasteiger partial charge in [-0.1, -0.05) is 13.0 Å². The van der Waals surface area contributed by atoms with E-state index < -0.39 is 78.7 Å². The quantitative estimate of drug-likeness (QED) is 0.137. The van der Waals surface area contributed by atoms with Gasteiger partial charge in [-0.15, -0.1) is 0 Å². The summed E-state index contributed by atoms with van der Waals surface area (Å²) in [7, 11) is 0. The average molecular weight is 595 g/mol. The van der Waals surface area contributed by atoms with Gasteiger partial charge in [0.25, 0.3) is 0 Å². The number of aliphatic hydroxyl groups excluding tert-OH is 5. The second-order valence-electron chi connectivity index (χ2n) is 10.2. The minimum absolute atomic E-state index is 0.0107. The Bertz CT molecular complexity index is 1450. The van der Waals surface area contributed by atoms with E-state index in [9.17, 15) is 50.8 Å². The van der Waals surface area contributed by atoms with Crippen molar-refractivity contribution in [1.29, 1.82) is 0 Å². The van der Waals surface area contributed by atoms with Crippen LogP contribution in [0.4, 0.5) is 0 Å². The topological polar surface area (TPSA) is 240 Å². The van der Waals surface area contributed by atoms with Crippen molar-refractivity contribution in [2.75, 3.05) is 13.2 Å². The van der Waals surface area contributed by atoms with Crippen LogP contribution in [0.5, 0.6) is 23.0 Å². The molecule has 9 N–H and O–H groups in total. The lowest BCUT2D eigenvalue weighted by Gasteiger charge is -2.41. The molecule has 0 amide bonds. The van der Waals surface area contributed by atoms with Crippen LogP contribution >= 0.6 is 0 Å². The molecule has 1 aromatic heterocycles. The highest BCUT2D eigenvalue weighted by molar-refractivity contribution is 5.88. The summed E-state index contributed by atoms with van der Waals surface area (Å²) in [5.41, 5.74) is -2.38. The number of aromatic hydroxyl groups is 3. The Morgan fingerprint density at radius 3 is 2.36 bits per heavy atom. The summed E-state index contributed by atoms with van der Waals surface area (Å²) >= 11 is 0. The van der Waals surface area contributed by atoms with Crippen LogP contribution in [0.3, 0.4) is 0 Å². The van der Waals surface area contributed by atoms with Crippen molar-refractivity contribution < 1.29 is 64.6 Å². The van der Waals surface area contributed by atoms with Crippen LogP contribution in [-0.4, -0.2) is 108 Å². The molecule has 1 aliphatic rings. The van der Waals surface area contributed by atoms with Gasteiger partial charge in [-0.25, -0.2) is 0 Å². The van der Waals surface area contributed by atoms with Crippen LogP contribution in [0.2, 0.25) is 0 Å². The lowest BCUT2D eigenvalue weighted by atomic mass is 9.91. The summed E-state index contributed by atoms with van der Waals surface area (Å²) < 4.78 is 22.3. The summed E-state index contributed by atoms with van der Waals surface area (Å²) in [5.74, 6) is -1.53. The number of fused-ring (bicyclic) bond motifs is 1. The Morgan fingerprint density at radius 1 is 1.00 bits per heavy atom. The van der Waals surface area contributed by atoms with E-state index in [4.69, 9.17) is 18.6 Å². The first-order valence-electron chi connectivity index (χ1n) is 13.1. The van der Waals surface area contributed by atoms with E-state index in [2.05, 4.69) is 0 Å². The van der Waals surface area contributed by atoms with Crippen molar-refractivity contribution in [1.82, 2.24) is 0 Å². The molecule has 0 radical (unpaired) electrons. The zero-order chi connectivity index (χ0) is 30.9. The average Bonchev–Trinajstić information content (AvgIpc) is 2.97. The molecule has 14 nitrogen and oxygen atoms in total. The van der Waals surface area contributed by atoms with Crippen molar-refractivity contribution >= 4 is 11.0 Å². The Balaban J connectivity index is 1.53. The van der Waals surface area contributed by atoms with Gasteiger partial charge in [0.1, 0.15) is 64.9 Å². The summed E-state index contributed by atoms with van der Waals surface area (Å²) in [5, 5.41) is 91.2. The number of phenols is 3. The van der Waals surface area contributed by atoms with Crippen LogP contribution in [-0.2, 0) is 9.47 Å². The highest BCUT2D eigenvalue weighted by atomic mass is 16.7. The maximum atomic E-state index is 13.1. The molecule has 42 heavy (non-hydrogen) atoms. The molecule has 230 valence electrons. The molecule has 0 saturated carbocycles. The first-order valence-corrected chi connectivity index (χ1v) is 13.1. The third kappa shape index (κ3) is 6.02. The van der Waals surface area contributed by atoms with E-state index >= 15 is 0 Å². The lowest BCUT2D eigenvalue weighted by molar-refractivity contribution is -0.284. The maximum Gasteiger partial charge on any atom is 0.229 e. The van der Waals surface area contributed by atoms with Crippen molar-refractivity contribution in [2.24, 2.45) is 0 Å². The fourth-order valence-corrected chi connectivity index (χ4v) is 4.64. The number of hydrogen-bond donors (Lipinski definition) is 9. The van der Waals surface area contributed by atoms with Gasteiger partial charge < -0.3 is 64.6 Å². The van der Waals surface area contributed by atoms with E-state index in [0.29, 0.717) is 0 Å². The predicted molar refractivity (Wildman–Crippen MR) is 144 cm³/mol. The van der Waals surface area contributed by atoms with Gasteiger partial charge >= 0.3 is 0 Å². The third-order valence-corrected chi connectivity index (χ3v) is 7.44. The fourth-order valence-electron chi connectivity index (χ4n) is 4.64. The molecular weight excluding hydrogens is 560 g/mol. The molecule has 1 saturated heterocycles. The largest absolute Gasteiger partial charge is 0.507 e. The van der Waals surface area contributed by atoms with Gasteiger partial charge in [0.15, 0.2) is 11.5 Å². The maximum absolute atomic E-state index is 13.1. The van der Waals surface area contributed by atoms with E-state index in [1.165, 1.54) is 25.1 Å². The van der Waals surface area contributed by atoms with Crippen molar-refractivity contribution in [3.8, 4) is 34.1 Å². The molecule has 0 spiro atoms. The first kappa shape index (κ1) is 31.5. The first-order chi connectivity index (χ1) is 19.8. The third-order valence-electron chi connectivity index (χ3n) is 7.44. The fraction of sp³-hybridized carbons (Fsp3) is 0.464. The number of hydrogen-bond acceptors (Lipinski definition) is 14. The van der Waals surface area contributed by atoms with Crippen molar-refractivity contribution in [2.45, 2.75) is 68.8 Å². The molecule has 2 heterocycles. The number of benzene rings is 2. The Kier molecular flexibility index (Phi) is 9.30. The monoisotopic (exact) mass is 594 g/mol. The van der Waals surface area contributed by atoms with E-state index in [1.54, 1.807) is 6.92 Å². The smallest absolute Gasteiger partial charge is 0.229 e. The molecule has 2 aromatic carbocycles. The predicted octanol–water partition coefficient (Wildman–Crippen LogP) is -0.337. The molecule has 8 atom stereocenters. The van der Waals surface area contributed by atoms with E-state index in [0.717, 1.165) is 18.4 Å². The van der Waals surface area contributed by atoms with Crippen LogP contribution in [0, 0.1) is 0 Å². The van der Waals surface area contributed by atoms with Gasteiger partial charge in [0, 0.05) is 12.1 Å². The molecule has 0 bridgehead atoms. The highest BCUT2D eigenvalue weighted by Crippen LogP contribution is 2.34.